The number of anilines is 1. The minimum Gasteiger partial charge on any atom is -0.436 e. The molecule has 0 fully saturated rings. The Labute approximate surface area is 131 Å². The fourth-order valence-corrected chi connectivity index (χ4v) is 2.10. The number of fused-ring (bicyclic) bond motifs is 1. The first-order chi connectivity index (χ1) is 11.1. The lowest BCUT2D eigenvalue weighted by Crippen LogP contribution is -2.08. The fraction of sp³-hybridized carbons (Fsp3) is 0.125. The molecule has 0 saturated heterocycles. The Bertz CT molecular complexity index is 884. The Morgan fingerprint density at radius 1 is 1.26 bits per heavy atom. The summed E-state index contributed by atoms with van der Waals surface area (Å²) in [5.41, 5.74) is 2.28. The van der Waals surface area contributed by atoms with Crippen LogP contribution in [0.4, 0.5) is 11.4 Å². The molecule has 7 heteroatoms. The van der Waals surface area contributed by atoms with Gasteiger partial charge < -0.3 is 9.73 Å². The second-order valence-corrected chi connectivity index (χ2v) is 4.91. The number of carbonyl (C=O) groups excluding carboxylic acids is 1. The van der Waals surface area contributed by atoms with E-state index in [2.05, 4.69) is 10.3 Å². The summed E-state index contributed by atoms with van der Waals surface area (Å²) in [6, 6.07) is 11.3. The molecule has 0 bridgehead atoms. The molecule has 0 unspecified atom stereocenters. The molecule has 0 spiro atoms. The SMILES string of the molecule is CCC(=O)Nc1ccc(-c2nc3cc([N+](=O)[O-])ccc3o2)cc1. The molecule has 2 aromatic carbocycles. The smallest absolute Gasteiger partial charge is 0.271 e. The van der Waals surface area contributed by atoms with E-state index < -0.39 is 4.92 Å². The van der Waals surface area contributed by atoms with Gasteiger partial charge in [-0.15, -0.1) is 0 Å². The van der Waals surface area contributed by atoms with Crippen molar-refractivity contribution in [1.29, 1.82) is 0 Å². The lowest BCUT2D eigenvalue weighted by atomic mass is 10.2. The van der Waals surface area contributed by atoms with Gasteiger partial charge in [-0.2, -0.15) is 0 Å². The van der Waals surface area contributed by atoms with Crippen LogP contribution in [-0.4, -0.2) is 15.8 Å². The van der Waals surface area contributed by atoms with E-state index in [4.69, 9.17) is 4.42 Å². The topological polar surface area (TPSA) is 98.3 Å². The molecule has 1 aromatic heterocycles. The Balaban J connectivity index is 1.90. The molecule has 1 amide bonds. The minimum absolute atomic E-state index is 0.0324. The van der Waals surface area contributed by atoms with Gasteiger partial charge in [0.2, 0.25) is 11.8 Å². The lowest BCUT2D eigenvalue weighted by Gasteiger charge is -2.03. The second-order valence-electron chi connectivity index (χ2n) is 4.91. The zero-order chi connectivity index (χ0) is 16.4. The standard InChI is InChI=1S/C16H13N3O4/c1-2-15(20)17-11-5-3-10(4-6-11)16-18-13-9-12(19(21)22)7-8-14(13)23-16/h3-9H,2H2,1H3,(H,17,20). The maximum Gasteiger partial charge on any atom is 0.271 e. The highest BCUT2D eigenvalue weighted by Gasteiger charge is 2.12. The molecule has 0 aliphatic rings. The fourth-order valence-electron chi connectivity index (χ4n) is 2.10. The average molecular weight is 311 g/mol. The summed E-state index contributed by atoms with van der Waals surface area (Å²) in [7, 11) is 0. The maximum atomic E-state index is 11.3. The molecule has 0 radical (unpaired) electrons. The van der Waals surface area contributed by atoms with Crippen molar-refractivity contribution in [1.82, 2.24) is 4.98 Å². The largest absolute Gasteiger partial charge is 0.436 e. The number of nitro benzene ring substituents is 1. The molecule has 1 heterocycles. The van der Waals surface area contributed by atoms with E-state index >= 15 is 0 Å². The third-order valence-corrected chi connectivity index (χ3v) is 3.32. The number of non-ortho nitro benzene ring substituents is 1. The van der Waals surface area contributed by atoms with Crippen molar-refractivity contribution < 1.29 is 14.1 Å². The van der Waals surface area contributed by atoms with Crippen LogP contribution < -0.4 is 5.32 Å². The Morgan fingerprint density at radius 3 is 2.65 bits per heavy atom. The van der Waals surface area contributed by atoms with Gasteiger partial charge in [0, 0.05) is 29.8 Å². The van der Waals surface area contributed by atoms with E-state index in [9.17, 15) is 14.9 Å². The summed E-state index contributed by atoms with van der Waals surface area (Å²) in [4.78, 5) is 25.9. The molecule has 3 rings (SSSR count). The molecule has 116 valence electrons. The molecule has 0 saturated carbocycles. The van der Waals surface area contributed by atoms with E-state index in [1.807, 2.05) is 0 Å². The highest BCUT2D eigenvalue weighted by molar-refractivity contribution is 5.90. The zero-order valence-electron chi connectivity index (χ0n) is 12.3. The van der Waals surface area contributed by atoms with Crippen molar-refractivity contribution in [3.05, 3.63) is 52.6 Å². The van der Waals surface area contributed by atoms with Crippen LogP contribution in [0.5, 0.6) is 0 Å². The van der Waals surface area contributed by atoms with Gasteiger partial charge in [-0.25, -0.2) is 4.98 Å². The molecule has 0 atom stereocenters. The summed E-state index contributed by atoms with van der Waals surface area (Å²) >= 11 is 0. The van der Waals surface area contributed by atoms with Gasteiger partial charge in [0.25, 0.3) is 5.69 Å². The van der Waals surface area contributed by atoms with E-state index in [0.29, 0.717) is 29.1 Å². The van der Waals surface area contributed by atoms with E-state index in [-0.39, 0.29) is 11.6 Å². The zero-order valence-corrected chi connectivity index (χ0v) is 12.3. The summed E-state index contributed by atoms with van der Waals surface area (Å²) < 4.78 is 5.61. The molecule has 1 N–H and O–H groups in total. The van der Waals surface area contributed by atoms with Gasteiger partial charge in [0.15, 0.2) is 5.58 Å². The molecule has 0 aliphatic carbocycles. The molecule has 0 aliphatic heterocycles. The monoisotopic (exact) mass is 311 g/mol. The summed E-state index contributed by atoms with van der Waals surface area (Å²) in [5, 5.41) is 13.5. The quantitative estimate of drug-likeness (QED) is 0.584. The summed E-state index contributed by atoms with van der Waals surface area (Å²) in [6.45, 7) is 1.78. The molecule has 7 nitrogen and oxygen atoms in total. The molecule has 23 heavy (non-hydrogen) atoms. The first-order valence-corrected chi connectivity index (χ1v) is 7.02. The van der Waals surface area contributed by atoms with Crippen LogP contribution in [0.15, 0.2) is 46.9 Å². The molecular formula is C16H13N3O4. The van der Waals surface area contributed by atoms with Crippen LogP contribution in [0.1, 0.15) is 13.3 Å². The van der Waals surface area contributed by atoms with E-state index in [0.717, 1.165) is 5.56 Å². The van der Waals surface area contributed by atoms with Gasteiger partial charge >= 0.3 is 0 Å². The van der Waals surface area contributed by atoms with Crippen LogP contribution in [0.25, 0.3) is 22.6 Å². The number of nitro groups is 1. The number of benzene rings is 2. The van der Waals surface area contributed by atoms with Crippen molar-refractivity contribution in [3.8, 4) is 11.5 Å². The number of amides is 1. The van der Waals surface area contributed by atoms with Crippen LogP contribution in [0.3, 0.4) is 0 Å². The second kappa shape index (κ2) is 5.88. The van der Waals surface area contributed by atoms with Gasteiger partial charge in [-0.05, 0) is 30.3 Å². The lowest BCUT2D eigenvalue weighted by molar-refractivity contribution is -0.384. The van der Waals surface area contributed by atoms with Crippen LogP contribution in [0, 0.1) is 10.1 Å². The van der Waals surface area contributed by atoms with Crippen LogP contribution in [-0.2, 0) is 4.79 Å². The highest BCUT2D eigenvalue weighted by Crippen LogP contribution is 2.27. The van der Waals surface area contributed by atoms with Gasteiger partial charge in [-0.3, -0.25) is 14.9 Å². The Hall–Kier alpha value is -3.22. The summed E-state index contributed by atoms with van der Waals surface area (Å²) in [5.74, 6) is 0.306. The normalized spacial score (nSPS) is 10.7. The number of rotatable bonds is 4. The highest BCUT2D eigenvalue weighted by atomic mass is 16.6. The van der Waals surface area contributed by atoms with Crippen molar-refractivity contribution in [2.75, 3.05) is 5.32 Å². The molecular weight excluding hydrogens is 298 g/mol. The third kappa shape index (κ3) is 3.03. The first kappa shape index (κ1) is 14.7. The number of oxazole rings is 1. The third-order valence-electron chi connectivity index (χ3n) is 3.32. The number of nitrogens with one attached hydrogen (secondary N) is 1. The van der Waals surface area contributed by atoms with Crippen molar-refractivity contribution in [3.63, 3.8) is 0 Å². The first-order valence-electron chi connectivity index (χ1n) is 7.02. The van der Waals surface area contributed by atoms with Gasteiger partial charge in [0.1, 0.15) is 5.52 Å². The number of nitrogens with zero attached hydrogens (tertiary/aromatic N) is 2. The van der Waals surface area contributed by atoms with Crippen molar-refractivity contribution in [2.24, 2.45) is 0 Å². The predicted octanol–water partition coefficient (Wildman–Crippen LogP) is 3.75. The number of carbonyl (C=O) groups is 1. The Morgan fingerprint density at radius 2 is 2.00 bits per heavy atom. The summed E-state index contributed by atoms with van der Waals surface area (Å²) in [6.07, 6.45) is 0.408. The van der Waals surface area contributed by atoms with Crippen molar-refractivity contribution >= 4 is 28.4 Å². The van der Waals surface area contributed by atoms with Gasteiger partial charge in [0.05, 0.1) is 4.92 Å². The van der Waals surface area contributed by atoms with Crippen molar-refractivity contribution in [2.45, 2.75) is 13.3 Å². The molecule has 3 aromatic rings. The maximum absolute atomic E-state index is 11.3. The predicted molar refractivity (Wildman–Crippen MR) is 85.0 cm³/mol. The number of aromatic nitrogens is 1. The van der Waals surface area contributed by atoms with Crippen LogP contribution in [0.2, 0.25) is 0 Å². The van der Waals surface area contributed by atoms with E-state index in [1.165, 1.54) is 18.2 Å². The number of hydrogen-bond donors (Lipinski definition) is 1. The van der Waals surface area contributed by atoms with E-state index in [1.54, 1.807) is 31.2 Å². The average Bonchev–Trinajstić information content (AvgIpc) is 2.98. The van der Waals surface area contributed by atoms with Crippen LogP contribution >= 0.6 is 0 Å². The Kier molecular flexibility index (Phi) is 3.76. The minimum atomic E-state index is -0.473. The number of hydrogen-bond acceptors (Lipinski definition) is 5. The van der Waals surface area contributed by atoms with Gasteiger partial charge in [-0.1, -0.05) is 6.92 Å².